The molecule has 0 aromatic carbocycles. The first-order valence-electron chi connectivity index (χ1n) is 8.72. The van der Waals surface area contributed by atoms with Crippen LogP contribution in [0.3, 0.4) is 0 Å². The second kappa shape index (κ2) is 7.07. The molecule has 0 aliphatic heterocycles. The first-order chi connectivity index (χ1) is 12.3. The van der Waals surface area contributed by atoms with Crippen molar-refractivity contribution in [3.63, 3.8) is 0 Å². The summed E-state index contributed by atoms with van der Waals surface area (Å²) in [6, 6.07) is 11.7. The highest BCUT2D eigenvalue weighted by atomic mass is 16.3. The van der Waals surface area contributed by atoms with Gasteiger partial charge in [0.25, 0.3) is 0 Å². The molecule has 0 spiro atoms. The highest BCUT2D eigenvalue weighted by molar-refractivity contribution is 5.68. The lowest BCUT2D eigenvalue weighted by atomic mass is 9.89. The lowest BCUT2D eigenvalue weighted by Gasteiger charge is -2.21. The summed E-state index contributed by atoms with van der Waals surface area (Å²) in [6.45, 7) is 0. The van der Waals surface area contributed by atoms with E-state index in [0.29, 0.717) is 0 Å². The van der Waals surface area contributed by atoms with E-state index in [9.17, 15) is 5.11 Å². The molecule has 0 amide bonds. The largest absolute Gasteiger partial charge is 0.393 e. The SMILES string of the molecule is OC1CCCc2c(-c3ccccn3)nnc(-c3ccccn3)c2CC1. The van der Waals surface area contributed by atoms with Gasteiger partial charge in [-0.25, -0.2) is 0 Å². The number of hydrogen-bond donors (Lipinski definition) is 1. The second-order valence-electron chi connectivity index (χ2n) is 6.37. The summed E-state index contributed by atoms with van der Waals surface area (Å²) in [6.07, 6.45) is 7.43. The first-order valence-corrected chi connectivity index (χ1v) is 8.72. The van der Waals surface area contributed by atoms with E-state index in [1.165, 1.54) is 5.56 Å². The molecule has 5 heteroatoms. The highest BCUT2D eigenvalue weighted by Gasteiger charge is 2.22. The summed E-state index contributed by atoms with van der Waals surface area (Å²) < 4.78 is 0. The summed E-state index contributed by atoms with van der Waals surface area (Å²) in [5, 5.41) is 19.1. The molecule has 3 aromatic rings. The zero-order valence-electron chi connectivity index (χ0n) is 14.0. The molecule has 0 bridgehead atoms. The Morgan fingerprint density at radius 2 is 1.36 bits per heavy atom. The molecule has 0 saturated carbocycles. The molecule has 3 aromatic heterocycles. The normalized spacial score (nSPS) is 17.4. The van der Waals surface area contributed by atoms with Crippen molar-refractivity contribution in [2.45, 2.75) is 38.2 Å². The van der Waals surface area contributed by atoms with Crippen LogP contribution in [0.15, 0.2) is 48.8 Å². The van der Waals surface area contributed by atoms with Crippen molar-refractivity contribution in [1.29, 1.82) is 0 Å². The van der Waals surface area contributed by atoms with E-state index in [-0.39, 0.29) is 6.10 Å². The van der Waals surface area contributed by atoms with Crippen molar-refractivity contribution in [2.24, 2.45) is 0 Å². The van der Waals surface area contributed by atoms with Crippen LogP contribution in [0.25, 0.3) is 22.8 Å². The number of nitrogens with zero attached hydrogens (tertiary/aromatic N) is 4. The van der Waals surface area contributed by atoms with Gasteiger partial charge < -0.3 is 5.11 Å². The molecule has 1 unspecified atom stereocenters. The van der Waals surface area contributed by atoms with Crippen molar-refractivity contribution < 1.29 is 5.11 Å². The molecule has 126 valence electrons. The van der Waals surface area contributed by atoms with Crippen LogP contribution < -0.4 is 0 Å². The fraction of sp³-hybridized carbons (Fsp3) is 0.300. The average Bonchev–Trinajstić information content (AvgIpc) is 2.66. The Morgan fingerprint density at radius 1 is 0.760 bits per heavy atom. The van der Waals surface area contributed by atoms with Gasteiger partial charge in [-0.3, -0.25) is 9.97 Å². The number of fused-ring (bicyclic) bond motifs is 1. The van der Waals surface area contributed by atoms with Crippen LogP contribution in [-0.2, 0) is 12.8 Å². The van der Waals surface area contributed by atoms with Gasteiger partial charge in [0, 0.05) is 12.4 Å². The number of hydrogen-bond acceptors (Lipinski definition) is 5. The predicted molar refractivity (Wildman–Crippen MR) is 95.8 cm³/mol. The minimum absolute atomic E-state index is 0.254. The van der Waals surface area contributed by atoms with E-state index >= 15 is 0 Å². The summed E-state index contributed by atoms with van der Waals surface area (Å²) >= 11 is 0. The van der Waals surface area contributed by atoms with Gasteiger partial charge in [-0.1, -0.05) is 12.1 Å². The fourth-order valence-corrected chi connectivity index (χ4v) is 3.43. The maximum absolute atomic E-state index is 10.1. The Balaban J connectivity index is 1.89. The van der Waals surface area contributed by atoms with Crippen LogP contribution in [0.2, 0.25) is 0 Å². The lowest BCUT2D eigenvalue weighted by Crippen LogP contribution is -2.16. The minimum atomic E-state index is -0.254. The molecule has 1 aliphatic carbocycles. The molecule has 1 N–H and O–H groups in total. The van der Waals surface area contributed by atoms with E-state index in [4.69, 9.17) is 0 Å². The van der Waals surface area contributed by atoms with Crippen LogP contribution in [0, 0.1) is 0 Å². The number of aliphatic hydroxyl groups is 1. The monoisotopic (exact) mass is 332 g/mol. The summed E-state index contributed by atoms with van der Waals surface area (Å²) in [5.41, 5.74) is 5.69. The molecule has 1 aliphatic rings. The predicted octanol–water partition coefficient (Wildman–Crippen LogP) is 3.23. The Hall–Kier alpha value is -2.66. The molecule has 0 saturated heterocycles. The number of rotatable bonds is 2. The van der Waals surface area contributed by atoms with Crippen LogP contribution in [0.1, 0.15) is 30.4 Å². The fourth-order valence-electron chi connectivity index (χ4n) is 3.43. The van der Waals surface area contributed by atoms with Crippen LogP contribution in [-0.4, -0.2) is 31.4 Å². The third kappa shape index (κ3) is 3.28. The number of pyridine rings is 2. The topological polar surface area (TPSA) is 71.8 Å². The molecule has 0 radical (unpaired) electrons. The standard InChI is InChI=1S/C20H20N4O/c25-14-6-5-7-15-16(11-10-14)20(18-9-2-4-13-22-18)24-23-19(15)17-8-1-3-12-21-17/h1-4,8-9,12-14,25H,5-7,10-11H2. The van der Waals surface area contributed by atoms with E-state index in [0.717, 1.165) is 60.4 Å². The number of aromatic nitrogens is 4. The van der Waals surface area contributed by atoms with Crippen LogP contribution in [0.4, 0.5) is 0 Å². The molecular weight excluding hydrogens is 312 g/mol. The van der Waals surface area contributed by atoms with E-state index in [2.05, 4.69) is 20.2 Å². The smallest absolute Gasteiger partial charge is 0.115 e. The summed E-state index contributed by atoms with van der Waals surface area (Å²) in [5.74, 6) is 0. The quantitative estimate of drug-likeness (QED) is 0.780. The van der Waals surface area contributed by atoms with Gasteiger partial charge in [-0.05, 0) is 67.5 Å². The Morgan fingerprint density at radius 3 is 1.92 bits per heavy atom. The van der Waals surface area contributed by atoms with Crippen molar-refractivity contribution in [3.05, 3.63) is 59.9 Å². The molecule has 3 heterocycles. The van der Waals surface area contributed by atoms with E-state index in [1.807, 2.05) is 36.4 Å². The van der Waals surface area contributed by atoms with Gasteiger partial charge in [0.15, 0.2) is 0 Å². The number of aliphatic hydroxyl groups excluding tert-OH is 1. The van der Waals surface area contributed by atoms with Crippen molar-refractivity contribution in [2.75, 3.05) is 0 Å². The van der Waals surface area contributed by atoms with Crippen molar-refractivity contribution >= 4 is 0 Å². The molecular formula is C20H20N4O. The second-order valence-corrected chi connectivity index (χ2v) is 6.37. The summed E-state index contributed by atoms with van der Waals surface area (Å²) in [7, 11) is 0. The van der Waals surface area contributed by atoms with E-state index < -0.39 is 0 Å². The molecule has 1 atom stereocenters. The third-order valence-corrected chi connectivity index (χ3v) is 4.69. The third-order valence-electron chi connectivity index (χ3n) is 4.69. The Labute approximate surface area is 146 Å². The zero-order valence-corrected chi connectivity index (χ0v) is 14.0. The van der Waals surface area contributed by atoms with Crippen molar-refractivity contribution in [1.82, 2.24) is 20.2 Å². The Bertz CT molecular complexity index is 852. The maximum Gasteiger partial charge on any atom is 0.115 e. The molecule has 4 rings (SSSR count). The van der Waals surface area contributed by atoms with Gasteiger partial charge >= 0.3 is 0 Å². The van der Waals surface area contributed by atoms with Gasteiger partial charge in [0.2, 0.25) is 0 Å². The Kier molecular flexibility index (Phi) is 4.48. The molecule has 25 heavy (non-hydrogen) atoms. The first kappa shape index (κ1) is 15.8. The van der Waals surface area contributed by atoms with Crippen LogP contribution >= 0.6 is 0 Å². The highest BCUT2D eigenvalue weighted by Crippen LogP contribution is 2.32. The van der Waals surface area contributed by atoms with Crippen LogP contribution in [0.5, 0.6) is 0 Å². The zero-order chi connectivity index (χ0) is 17.1. The lowest BCUT2D eigenvalue weighted by molar-refractivity contribution is 0.150. The van der Waals surface area contributed by atoms with Gasteiger partial charge in [-0.15, -0.1) is 10.2 Å². The van der Waals surface area contributed by atoms with Gasteiger partial charge in [0.05, 0.1) is 17.5 Å². The maximum atomic E-state index is 10.1. The van der Waals surface area contributed by atoms with Gasteiger partial charge in [-0.2, -0.15) is 0 Å². The van der Waals surface area contributed by atoms with Gasteiger partial charge in [0.1, 0.15) is 11.4 Å². The van der Waals surface area contributed by atoms with Crippen molar-refractivity contribution in [3.8, 4) is 22.8 Å². The molecule has 0 fully saturated rings. The van der Waals surface area contributed by atoms with E-state index in [1.54, 1.807) is 12.4 Å². The summed E-state index contributed by atoms with van der Waals surface area (Å²) in [4.78, 5) is 8.91. The minimum Gasteiger partial charge on any atom is -0.393 e. The molecule has 5 nitrogen and oxygen atoms in total. The average molecular weight is 332 g/mol.